The van der Waals surface area contributed by atoms with E-state index in [1.165, 1.54) is 24.3 Å². The Morgan fingerprint density at radius 2 is 2.00 bits per heavy atom. The molecule has 8 nitrogen and oxygen atoms in total. The summed E-state index contributed by atoms with van der Waals surface area (Å²) in [6, 6.07) is 5.51. The summed E-state index contributed by atoms with van der Waals surface area (Å²) in [6.07, 6.45) is 1.61. The van der Waals surface area contributed by atoms with Gasteiger partial charge in [0.1, 0.15) is 5.82 Å². The number of primary sulfonamides is 1. The molecule has 9 heteroatoms. The highest BCUT2D eigenvalue weighted by Gasteiger charge is 2.13. The van der Waals surface area contributed by atoms with E-state index in [0.717, 1.165) is 6.42 Å². The number of carbonyl (C=O) groups excluding carboxylic acids is 1. The van der Waals surface area contributed by atoms with E-state index < -0.39 is 15.9 Å². The van der Waals surface area contributed by atoms with Crippen molar-refractivity contribution in [2.45, 2.75) is 24.7 Å². The van der Waals surface area contributed by atoms with Gasteiger partial charge in [0.2, 0.25) is 15.8 Å². The first-order chi connectivity index (χ1) is 9.90. The molecule has 0 unspecified atom stereocenters. The number of aryl methyl sites for hydroxylation is 1. The number of nitrogens with one attached hydrogen (secondary N) is 2. The lowest BCUT2D eigenvalue weighted by atomic mass is 10.3. The Bertz CT molecular complexity index is 737. The van der Waals surface area contributed by atoms with Crippen LogP contribution in [0.1, 0.15) is 29.8 Å². The predicted octanol–water partition coefficient (Wildman–Crippen LogP) is 0.657. The summed E-state index contributed by atoms with van der Waals surface area (Å²) < 4.78 is 22.2. The van der Waals surface area contributed by atoms with E-state index in [0.29, 0.717) is 17.9 Å². The third-order valence-corrected chi connectivity index (χ3v) is 3.59. The molecule has 2 aromatic rings. The second-order valence-corrected chi connectivity index (χ2v) is 5.94. The molecule has 0 radical (unpaired) electrons. The highest BCUT2D eigenvalue weighted by atomic mass is 32.2. The number of nitrogens with two attached hydrogens (primary N) is 1. The lowest BCUT2D eigenvalue weighted by Crippen LogP contribution is -2.15. The SMILES string of the molecule is CCCc1nc(C(=O)Nc2ccc(S(N)(=O)=O)cc2)n[nH]1. The van der Waals surface area contributed by atoms with Gasteiger partial charge in [-0.25, -0.2) is 18.5 Å². The normalized spacial score (nSPS) is 11.3. The van der Waals surface area contributed by atoms with Crippen molar-refractivity contribution in [3.8, 4) is 0 Å². The molecule has 21 heavy (non-hydrogen) atoms. The van der Waals surface area contributed by atoms with Crippen molar-refractivity contribution < 1.29 is 13.2 Å². The lowest BCUT2D eigenvalue weighted by Gasteiger charge is -2.03. The molecule has 2 rings (SSSR count). The van der Waals surface area contributed by atoms with Crippen LogP contribution in [-0.4, -0.2) is 29.5 Å². The molecule has 4 N–H and O–H groups in total. The van der Waals surface area contributed by atoms with Gasteiger partial charge in [0.25, 0.3) is 5.91 Å². The van der Waals surface area contributed by atoms with Gasteiger partial charge in [0.05, 0.1) is 4.90 Å². The van der Waals surface area contributed by atoms with Gasteiger partial charge >= 0.3 is 0 Å². The smallest absolute Gasteiger partial charge is 0.295 e. The maximum atomic E-state index is 11.9. The van der Waals surface area contributed by atoms with Crippen molar-refractivity contribution in [1.29, 1.82) is 0 Å². The zero-order chi connectivity index (χ0) is 15.5. The molecule has 0 saturated carbocycles. The zero-order valence-electron chi connectivity index (χ0n) is 11.3. The molecular formula is C12H15N5O3S. The number of nitrogens with zero attached hydrogens (tertiary/aromatic N) is 2. The molecule has 0 aliphatic heterocycles. The Morgan fingerprint density at radius 1 is 1.33 bits per heavy atom. The Kier molecular flexibility index (Phi) is 4.34. The van der Waals surface area contributed by atoms with Crippen LogP contribution in [0.4, 0.5) is 5.69 Å². The van der Waals surface area contributed by atoms with Crippen LogP contribution in [0.3, 0.4) is 0 Å². The molecule has 0 saturated heterocycles. The summed E-state index contributed by atoms with van der Waals surface area (Å²) in [5.74, 6) is 0.207. The van der Waals surface area contributed by atoms with Crippen LogP contribution in [0.5, 0.6) is 0 Å². The highest BCUT2D eigenvalue weighted by Crippen LogP contribution is 2.13. The second kappa shape index (κ2) is 6.02. The topological polar surface area (TPSA) is 131 Å². The summed E-state index contributed by atoms with van der Waals surface area (Å²) >= 11 is 0. The number of sulfonamides is 1. The number of aromatic amines is 1. The standard InChI is InChI=1S/C12H15N5O3S/c1-2-3-10-15-11(17-16-10)12(18)14-8-4-6-9(7-5-8)21(13,19)20/h4-7H,2-3H2,1H3,(H,14,18)(H2,13,19,20)(H,15,16,17). The number of carbonyl (C=O) groups is 1. The molecule has 0 fully saturated rings. The van der Waals surface area contributed by atoms with Crippen LogP contribution in [0.2, 0.25) is 0 Å². The Balaban J connectivity index is 2.08. The van der Waals surface area contributed by atoms with Crippen molar-refractivity contribution in [2.75, 3.05) is 5.32 Å². The van der Waals surface area contributed by atoms with Gasteiger partial charge in [-0.1, -0.05) is 6.92 Å². The van der Waals surface area contributed by atoms with E-state index in [9.17, 15) is 13.2 Å². The minimum atomic E-state index is -3.75. The van der Waals surface area contributed by atoms with Crippen LogP contribution >= 0.6 is 0 Å². The number of H-pyrrole nitrogens is 1. The van der Waals surface area contributed by atoms with E-state index in [2.05, 4.69) is 20.5 Å². The Hall–Kier alpha value is -2.26. The molecular weight excluding hydrogens is 294 g/mol. The van der Waals surface area contributed by atoms with Crippen molar-refractivity contribution in [3.63, 3.8) is 0 Å². The maximum Gasteiger partial charge on any atom is 0.295 e. The molecule has 1 aromatic carbocycles. The monoisotopic (exact) mass is 309 g/mol. The minimum absolute atomic E-state index is 0.0244. The minimum Gasteiger partial charge on any atom is -0.319 e. The lowest BCUT2D eigenvalue weighted by molar-refractivity contribution is 0.101. The number of amides is 1. The molecule has 1 heterocycles. The Labute approximate surface area is 121 Å². The van der Waals surface area contributed by atoms with E-state index in [4.69, 9.17) is 5.14 Å². The van der Waals surface area contributed by atoms with Gasteiger partial charge in [-0.2, -0.15) is 0 Å². The Morgan fingerprint density at radius 3 is 2.57 bits per heavy atom. The fourth-order valence-corrected chi connectivity index (χ4v) is 2.18. The molecule has 0 aliphatic carbocycles. The first kappa shape index (κ1) is 15.1. The quantitative estimate of drug-likeness (QED) is 0.746. The second-order valence-electron chi connectivity index (χ2n) is 4.38. The molecule has 1 amide bonds. The van der Waals surface area contributed by atoms with Crippen molar-refractivity contribution >= 4 is 21.6 Å². The molecule has 0 atom stereocenters. The number of rotatable bonds is 5. The average Bonchev–Trinajstić information content (AvgIpc) is 2.87. The van der Waals surface area contributed by atoms with Crippen LogP contribution in [0.25, 0.3) is 0 Å². The van der Waals surface area contributed by atoms with E-state index >= 15 is 0 Å². The van der Waals surface area contributed by atoms with Gasteiger partial charge in [-0.05, 0) is 30.7 Å². The number of anilines is 1. The average molecular weight is 309 g/mol. The number of hydrogen-bond acceptors (Lipinski definition) is 5. The highest BCUT2D eigenvalue weighted by molar-refractivity contribution is 7.89. The van der Waals surface area contributed by atoms with Crippen molar-refractivity contribution in [3.05, 3.63) is 35.9 Å². The number of aromatic nitrogens is 3. The van der Waals surface area contributed by atoms with Crippen LogP contribution in [0.15, 0.2) is 29.2 Å². The first-order valence-electron chi connectivity index (χ1n) is 6.25. The summed E-state index contributed by atoms with van der Waals surface area (Å²) in [5.41, 5.74) is 0.425. The van der Waals surface area contributed by atoms with E-state index in [-0.39, 0.29) is 10.7 Å². The van der Waals surface area contributed by atoms with Gasteiger partial charge in [0.15, 0.2) is 0 Å². The van der Waals surface area contributed by atoms with Crippen molar-refractivity contribution in [2.24, 2.45) is 5.14 Å². The zero-order valence-corrected chi connectivity index (χ0v) is 12.1. The third kappa shape index (κ3) is 3.86. The largest absolute Gasteiger partial charge is 0.319 e. The number of hydrogen-bond donors (Lipinski definition) is 3. The maximum absolute atomic E-state index is 11.9. The summed E-state index contributed by atoms with van der Waals surface area (Å²) in [6.45, 7) is 2.00. The number of benzene rings is 1. The van der Waals surface area contributed by atoms with Gasteiger partial charge in [0, 0.05) is 12.1 Å². The van der Waals surface area contributed by atoms with Crippen molar-refractivity contribution in [1.82, 2.24) is 15.2 Å². The summed E-state index contributed by atoms with van der Waals surface area (Å²) in [4.78, 5) is 15.9. The fourth-order valence-electron chi connectivity index (χ4n) is 1.66. The van der Waals surface area contributed by atoms with Crippen LogP contribution in [-0.2, 0) is 16.4 Å². The van der Waals surface area contributed by atoms with Gasteiger partial charge in [-0.15, -0.1) is 5.10 Å². The third-order valence-electron chi connectivity index (χ3n) is 2.66. The van der Waals surface area contributed by atoms with E-state index in [1.54, 1.807) is 0 Å². The van der Waals surface area contributed by atoms with Crippen LogP contribution < -0.4 is 10.5 Å². The van der Waals surface area contributed by atoms with Crippen LogP contribution in [0, 0.1) is 0 Å². The van der Waals surface area contributed by atoms with E-state index in [1.807, 2.05) is 6.92 Å². The summed E-state index contributed by atoms with van der Waals surface area (Å²) in [7, 11) is -3.75. The summed E-state index contributed by atoms with van der Waals surface area (Å²) in [5, 5.41) is 14.1. The molecule has 0 bridgehead atoms. The predicted molar refractivity (Wildman–Crippen MR) is 76.1 cm³/mol. The van der Waals surface area contributed by atoms with Gasteiger partial charge in [-0.3, -0.25) is 9.89 Å². The molecule has 112 valence electrons. The first-order valence-corrected chi connectivity index (χ1v) is 7.80. The molecule has 0 spiro atoms. The fraction of sp³-hybridized carbons (Fsp3) is 0.250. The molecule has 0 aliphatic rings. The molecule has 1 aromatic heterocycles. The van der Waals surface area contributed by atoms with Gasteiger partial charge < -0.3 is 5.32 Å².